The smallest absolute Gasteiger partial charge is 0.305 e. The molecule has 1 amide bonds. The van der Waals surface area contributed by atoms with Crippen molar-refractivity contribution in [2.45, 2.75) is 24.8 Å². The van der Waals surface area contributed by atoms with Crippen molar-refractivity contribution < 1.29 is 28.9 Å². The van der Waals surface area contributed by atoms with Crippen molar-refractivity contribution in [3.8, 4) is 11.5 Å². The molecule has 0 radical (unpaired) electrons. The number of nitrogens with one attached hydrogen (secondary N) is 1. The molecule has 0 aromatic heterocycles. The summed E-state index contributed by atoms with van der Waals surface area (Å²) in [6, 6.07) is 5.27. The molecule has 1 heterocycles. The molecule has 1 aliphatic heterocycles. The fourth-order valence-corrected chi connectivity index (χ4v) is 2.78. The van der Waals surface area contributed by atoms with E-state index in [-0.39, 0.29) is 25.4 Å². The predicted molar refractivity (Wildman–Crippen MR) is 81.8 cm³/mol. The molecule has 1 aliphatic rings. The van der Waals surface area contributed by atoms with Gasteiger partial charge in [-0.05, 0) is 18.6 Å². The minimum Gasteiger partial charge on any atom is -0.496 e. The average molecular weight is 323 g/mol. The van der Waals surface area contributed by atoms with Gasteiger partial charge in [-0.15, -0.1) is 0 Å². The fraction of sp³-hybridized carbons (Fsp3) is 0.500. The van der Waals surface area contributed by atoms with Crippen LogP contribution < -0.4 is 14.8 Å². The van der Waals surface area contributed by atoms with E-state index in [9.17, 15) is 9.59 Å². The number of rotatable bonds is 7. The average Bonchev–Trinajstić information content (AvgIpc) is 2.94. The van der Waals surface area contributed by atoms with E-state index in [1.807, 2.05) is 0 Å². The SMILES string of the molecule is COc1cccc(OC)c1CC(=O)NC1(CC(=O)O)CCOC1. The maximum Gasteiger partial charge on any atom is 0.305 e. The Bertz CT molecular complexity index is 558. The lowest BCUT2D eigenvalue weighted by molar-refractivity contribution is -0.139. The molecule has 7 nitrogen and oxygen atoms in total. The van der Waals surface area contributed by atoms with Crippen molar-refractivity contribution in [1.29, 1.82) is 0 Å². The molecule has 1 fully saturated rings. The van der Waals surface area contributed by atoms with Crippen LogP contribution in [0.5, 0.6) is 11.5 Å². The standard InChI is InChI=1S/C16H21NO6/c1-21-12-4-3-5-13(22-2)11(12)8-14(18)17-16(9-15(19)20)6-7-23-10-16/h3-5H,6-10H2,1-2H3,(H,17,18)(H,19,20). The topological polar surface area (TPSA) is 94.1 Å². The number of ether oxygens (including phenoxy) is 3. The monoisotopic (exact) mass is 323 g/mol. The largest absolute Gasteiger partial charge is 0.496 e. The number of amides is 1. The molecule has 1 atom stereocenters. The number of carboxylic acid groups (broad SMARTS) is 1. The molecule has 7 heteroatoms. The molecule has 126 valence electrons. The lowest BCUT2D eigenvalue weighted by atomic mass is 9.93. The van der Waals surface area contributed by atoms with Crippen LogP contribution in [0.4, 0.5) is 0 Å². The highest BCUT2D eigenvalue weighted by Gasteiger charge is 2.38. The Morgan fingerprint density at radius 3 is 2.43 bits per heavy atom. The van der Waals surface area contributed by atoms with Gasteiger partial charge < -0.3 is 24.6 Å². The highest BCUT2D eigenvalue weighted by atomic mass is 16.5. The van der Waals surface area contributed by atoms with E-state index in [0.717, 1.165) is 0 Å². The maximum atomic E-state index is 12.4. The molecule has 1 aromatic rings. The molecular formula is C16H21NO6. The van der Waals surface area contributed by atoms with Crippen molar-refractivity contribution in [3.05, 3.63) is 23.8 Å². The number of aliphatic carboxylic acids is 1. The number of hydrogen-bond donors (Lipinski definition) is 2. The molecule has 1 unspecified atom stereocenters. The minimum absolute atomic E-state index is 0.0363. The van der Waals surface area contributed by atoms with Gasteiger partial charge in [0.1, 0.15) is 11.5 Å². The molecule has 0 aliphatic carbocycles. The zero-order valence-corrected chi connectivity index (χ0v) is 13.3. The fourth-order valence-electron chi connectivity index (χ4n) is 2.78. The molecule has 2 rings (SSSR count). The third-order valence-electron chi connectivity index (χ3n) is 3.86. The first-order valence-electron chi connectivity index (χ1n) is 7.30. The summed E-state index contributed by atoms with van der Waals surface area (Å²) >= 11 is 0. The van der Waals surface area contributed by atoms with E-state index in [0.29, 0.717) is 30.1 Å². The molecule has 1 saturated heterocycles. The predicted octanol–water partition coefficient (Wildman–Crippen LogP) is 0.996. The molecule has 23 heavy (non-hydrogen) atoms. The Balaban J connectivity index is 2.14. The summed E-state index contributed by atoms with van der Waals surface area (Å²) in [6.07, 6.45) is 0.352. The third kappa shape index (κ3) is 4.13. The second-order valence-electron chi connectivity index (χ2n) is 5.52. The normalized spacial score (nSPS) is 20.1. The summed E-state index contributed by atoms with van der Waals surface area (Å²) in [6.45, 7) is 0.639. The van der Waals surface area contributed by atoms with Gasteiger partial charge in [0, 0.05) is 12.2 Å². The van der Waals surface area contributed by atoms with Gasteiger partial charge in [0.15, 0.2) is 0 Å². The van der Waals surface area contributed by atoms with E-state index in [4.69, 9.17) is 19.3 Å². The first kappa shape index (κ1) is 17.1. The first-order valence-corrected chi connectivity index (χ1v) is 7.30. The summed E-state index contributed by atoms with van der Waals surface area (Å²) in [7, 11) is 3.04. The summed E-state index contributed by atoms with van der Waals surface area (Å²) in [5.41, 5.74) is -0.225. The number of benzene rings is 1. The third-order valence-corrected chi connectivity index (χ3v) is 3.86. The molecule has 0 spiro atoms. The lowest BCUT2D eigenvalue weighted by Gasteiger charge is -2.27. The van der Waals surface area contributed by atoms with Gasteiger partial charge in [-0.3, -0.25) is 9.59 Å². The number of hydrogen-bond acceptors (Lipinski definition) is 5. The van der Waals surface area contributed by atoms with Crippen LogP contribution >= 0.6 is 0 Å². The number of carbonyl (C=O) groups is 2. The molecular weight excluding hydrogens is 302 g/mol. The Hall–Kier alpha value is -2.28. The minimum atomic E-state index is -0.967. The molecule has 2 N–H and O–H groups in total. The van der Waals surface area contributed by atoms with Gasteiger partial charge in [-0.25, -0.2) is 0 Å². The van der Waals surface area contributed by atoms with Gasteiger partial charge in [0.25, 0.3) is 0 Å². The van der Waals surface area contributed by atoms with Crippen LogP contribution in [0.15, 0.2) is 18.2 Å². The van der Waals surface area contributed by atoms with E-state index < -0.39 is 11.5 Å². The van der Waals surface area contributed by atoms with Gasteiger partial charge in [-0.1, -0.05) is 6.07 Å². The summed E-state index contributed by atoms with van der Waals surface area (Å²) in [4.78, 5) is 23.5. The Morgan fingerprint density at radius 1 is 1.30 bits per heavy atom. The van der Waals surface area contributed by atoms with Crippen LogP contribution in [0, 0.1) is 0 Å². The van der Waals surface area contributed by atoms with Gasteiger partial charge in [0.2, 0.25) is 5.91 Å². The van der Waals surface area contributed by atoms with Crippen LogP contribution in [0.2, 0.25) is 0 Å². The Kier molecular flexibility index (Phi) is 5.44. The van der Waals surface area contributed by atoms with Gasteiger partial charge in [-0.2, -0.15) is 0 Å². The highest BCUT2D eigenvalue weighted by molar-refractivity contribution is 5.82. The first-order chi connectivity index (χ1) is 11.0. The molecule has 0 bridgehead atoms. The van der Waals surface area contributed by atoms with Crippen molar-refractivity contribution in [1.82, 2.24) is 5.32 Å². The molecule has 1 aromatic carbocycles. The summed E-state index contributed by atoms with van der Waals surface area (Å²) in [5.74, 6) is -0.158. The zero-order chi connectivity index (χ0) is 16.9. The lowest BCUT2D eigenvalue weighted by Crippen LogP contribution is -2.51. The second kappa shape index (κ2) is 7.32. The Labute approximate surface area is 134 Å². The van der Waals surface area contributed by atoms with Crippen LogP contribution in [0.1, 0.15) is 18.4 Å². The number of carbonyl (C=O) groups excluding carboxylic acids is 1. The van der Waals surface area contributed by atoms with Crippen LogP contribution in [0.25, 0.3) is 0 Å². The van der Waals surface area contributed by atoms with E-state index >= 15 is 0 Å². The van der Waals surface area contributed by atoms with Crippen LogP contribution in [-0.2, 0) is 20.7 Å². The van der Waals surface area contributed by atoms with Gasteiger partial charge in [0.05, 0.1) is 39.2 Å². The van der Waals surface area contributed by atoms with Crippen molar-refractivity contribution in [3.63, 3.8) is 0 Å². The second-order valence-corrected chi connectivity index (χ2v) is 5.52. The zero-order valence-electron chi connectivity index (χ0n) is 13.3. The Morgan fingerprint density at radius 2 is 1.96 bits per heavy atom. The van der Waals surface area contributed by atoms with Crippen LogP contribution in [0.3, 0.4) is 0 Å². The van der Waals surface area contributed by atoms with E-state index in [1.54, 1.807) is 18.2 Å². The highest BCUT2D eigenvalue weighted by Crippen LogP contribution is 2.29. The number of methoxy groups -OCH3 is 2. The summed E-state index contributed by atoms with van der Waals surface area (Å²) < 4.78 is 15.8. The van der Waals surface area contributed by atoms with E-state index in [2.05, 4.69) is 5.32 Å². The number of carboxylic acids is 1. The quantitative estimate of drug-likeness (QED) is 0.777. The van der Waals surface area contributed by atoms with E-state index in [1.165, 1.54) is 14.2 Å². The van der Waals surface area contributed by atoms with Crippen molar-refractivity contribution in [2.24, 2.45) is 0 Å². The summed E-state index contributed by atoms with van der Waals surface area (Å²) in [5, 5.41) is 11.9. The van der Waals surface area contributed by atoms with Crippen molar-refractivity contribution in [2.75, 3.05) is 27.4 Å². The maximum absolute atomic E-state index is 12.4. The van der Waals surface area contributed by atoms with Crippen molar-refractivity contribution >= 4 is 11.9 Å². The molecule has 0 saturated carbocycles. The van der Waals surface area contributed by atoms with Crippen LogP contribution in [-0.4, -0.2) is 50.0 Å². The van der Waals surface area contributed by atoms with Gasteiger partial charge >= 0.3 is 5.97 Å².